The van der Waals surface area contributed by atoms with E-state index in [-0.39, 0.29) is 24.3 Å². The van der Waals surface area contributed by atoms with Crippen LogP contribution in [0.25, 0.3) is 10.9 Å². The Balaban J connectivity index is 1.73. The number of thioether (sulfide) groups is 1. The van der Waals surface area contributed by atoms with E-state index >= 15 is 0 Å². The van der Waals surface area contributed by atoms with Crippen LogP contribution in [0.5, 0.6) is 0 Å². The number of aromatic nitrogens is 1. The van der Waals surface area contributed by atoms with Crippen LogP contribution in [0, 0.1) is 5.92 Å². The zero-order chi connectivity index (χ0) is 23.3. The zero-order valence-corrected chi connectivity index (χ0v) is 20.3. The average molecular weight is 460 g/mol. The molecule has 1 N–H and O–H groups in total. The summed E-state index contributed by atoms with van der Waals surface area (Å²) in [6.07, 6.45) is 5.37. The molecule has 2 amide bonds. The summed E-state index contributed by atoms with van der Waals surface area (Å²) in [6.45, 7) is 7.15. The highest BCUT2D eigenvalue weighted by molar-refractivity contribution is 7.98. The third-order valence-corrected chi connectivity index (χ3v) is 7.46. The Bertz CT molecular complexity index is 1290. The summed E-state index contributed by atoms with van der Waals surface area (Å²) in [5.74, 6) is -0.0457. The van der Waals surface area contributed by atoms with Crippen LogP contribution in [0.4, 0.5) is 5.69 Å². The van der Waals surface area contributed by atoms with Crippen LogP contribution in [0.15, 0.2) is 64.8 Å². The fourth-order valence-corrected chi connectivity index (χ4v) is 5.41. The molecule has 0 radical (unpaired) electrons. The second-order valence-corrected chi connectivity index (χ2v) is 10.2. The quantitative estimate of drug-likeness (QED) is 0.504. The number of nitrogens with zero attached hydrogens (tertiary/aromatic N) is 2. The minimum absolute atomic E-state index is 0.195. The number of aryl methyl sites for hydroxylation is 1. The van der Waals surface area contributed by atoms with Gasteiger partial charge in [0, 0.05) is 47.2 Å². The van der Waals surface area contributed by atoms with Gasteiger partial charge in [-0.15, -0.1) is 11.8 Å². The van der Waals surface area contributed by atoms with Gasteiger partial charge in [0.05, 0.1) is 17.6 Å². The van der Waals surface area contributed by atoms with Crippen molar-refractivity contribution >= 4 is 40.2 Å². The van der Waals surface area contributed by atoms with Gasteiger partial charge in [0.15, 0.2) is 0 Å². The number of benzene rings is 2. The van der Waals surface area contributed by atoms with Crippen LogP contribution in [-0.4, -0.2) is 34.1 Å². The molecule has 6 heteroatoms. The number of nitrogens with one attached hydrogen (secondary N) is 1. The fourth-order valence-electron chi connectivity index (χ4n) is 5.00. The standard InChI is InChI=1S/C27H29N3O2S/c1-16(2)12-13-29-14-20-24(18-8-10-19(33-4)11-9-18)26-22(15-30(17(3)31)27(26)32)28-21-6-5-7-23(29)25(20)21/h5-11,14,16,24,28H,12-13,15H2,1-4H3/t24-/m0/s1. The molecule has 3 aromatic rings. The molecular formula is C27H29N3O2S. The molecule has 0 spiro atoms. The predicted molar refractivity (Wildman–Crippen MR) is 135 cm³/mol. The topological polar surface area (TPSA) is 54.3 Å². The molecule has 1 aromatic heterocycles. The summed E-state index contributed by atoms with van der Waals surface area (Å²) in [7, 11) is 0. The SMILES string of the molecule is CSc1ccc([C@@H]2C3=C(CN(C(C)=O)C3=O)Nc3cccc4c3c2cn4CCC(C)C)cc1. The number of carbonyl (C=O) groups is 2. The van der Waals surface area contributed by atoms with Crippen LogP contribution >= 0.6 is 11.8 Å². The van der Waals surface area contributed by atoms with E-state index < -0.39 is 0 Å². The molecule has 5 rings (SSSR count). The highest BCUT2D eigenvalue weighted by atomic mass is 32.2. The number of rotatable bonds is 5. The van der Waals surface area contributed by atoms with Gasteiger partial charge in [-0.05, 0) is 54.0 Å². The highest BCUT2D eigenvalue weighted by Gasteiger charge is 2.41. The number of hydrogen-bond acceptors (Lipinski definition) is 4. The summed E-state index contributed by atoms with van der Waals surface area (Å²) in [5.41, 5.74) is 5.88. The number of carbonyl (C=O) groups excluding carboxylic acids is 2. The van der Waals surface area contributed by atoms with Crippen molar-refractivity contribution in [1.82, 2.24) is 9.47 Å². The average Bonchev–Trinajstić information content (AvgIpc) is 3.28. The molecule has 33 heavy (non-hydrogen) atoms. The van der Waals surface area contributed by atoms with Crippen molar-refractivity contribution < 1.29 is 9.59 Å². The van der Waals surface area contributed by atoms with Crippen molar-refractivity contribution in [3.8, 4) is 0 Å². The highest BCUT2D eigenvalue weighted by Crippen LogP contribution is 2.46. The Hall–Kier alpha value is -2.99. The van der Waals surface area contributed by atoms with Gasteiger partial charge in [-0.3, -0.25) is 14.5 Å². The van der Waals surface area contributed by atoms with Crippen LogP contribution in [0.3, 0.4) is 0 Å². The minimum Gasteiger partial charge on any atom is -0.356 e. The first-order chi connectivity index (χ1) is 15.9. The molecule has 0 saturated heterocycles. The van der Waals surface area contributed by atoms with E-state index in [1.54, 1.807) is 11.8 Å². The normalized spacial score (nSPS) is 17.5. The Morgan fingerprint density at radius 2 is 1.94 bits per heavy atom. The number of hydrogen-bond donors (Lipinski definition) is 1. The number of amides is 2. The van der Waals surface area contributed by atoms with E-state index in [9.17, 15) is 9.59 Å². The molecule has 2 aromatic carbocycles. The van der Waals surface area contributed by atoms with E-state index in [4.69, 9.17) is 0 Å². The molecule has 0 unspecified atom stereocenters. The Labute approximate surface area is 198 Å². The van der Waals surface area contributed by atoms with Crippen LogP contribution in [0.2, 0.25) is 0 Å². The molecule has 170 valence electrons. The summed E-state index contributed by atoms with van der Waals surface area (Å²) in [6, 6.07) is 14.8. The maximum Gasteiger partial charge on any atom is 0.259 e. The smallest absolute Gasteiger partial charge is 0.259 e. The second-order valence-electron chi connectivity index (χ2n) is 9.29. The first-order valence-electron chi connectivity index (χ1n) is 11.5. The molecule has 1 atom stereocenters. The van der Waals surface area contributed by atoms with Crippen molar-refractivity contribution in [3.05, 3.63) is 71.1 Å². The maximum atomic E-state index is 13.5. The van der Waals surface area contributed by atoms with E-state index in [1.807, 2.05) is 0 Å². The molecular weight excluding hydrogens is 430 g/mol. The zero-order valence-electron chi connectivity index (χ0n) is 19.5. The van der Waals surface area contributed by atoms with Gasteiger partial charge in [-0.1, -0.05) is 32.0 Å². The third kappa shape index (κ3) is 3.66. The van der Waals surface area contributed by atoms with E-state index in [0.29, 0.717) is 11.5 Å². The summed E-state index contributed by atoms with van der Waals surface area (Å²) >= 11 is 1.70. The van der Waals surface area contributed by atoms with E-state index in [0.717, 1.165) is 40.9 Å². The lowest BCUT2D eigenvalue weighted by Crippen LogP contribution is -2.33. The lowest BCUT2D eigenvalue weighted by Gasteiger charge is -2.19. The lowest BCUT2D eigenvalue weighted by molar-refractivity contribution is -0.139. The fraction of sp³-hybridized carbons (Fsp3) is 0.333. The van der Waals surface area contributed by atoms with Crippen molar-refractivity contribution in [2.24, 2.45) is 5.92 Å². The summed E-state index contributed by atoms with van der Waals surface area (Å²) in [4.78, 5) is 28.3. The first kappa shape index (κ1) is 21.8. The summed E-state index contributed by atoms with van der Waals surface area (Å²) < 4.78 is 2.33. The van der Waals surface area contributed by atoms with Gasteiger partial charge in [-0.25, -0.2) is 0 Å². The third-order valence-electron chi connectivity index (χ3n) is 6.71. The Morgan fingerprint density at radius 3 is 2.61 bits per heavy atom. The van der Waals surface area contributed by atoms with E-state index in [2.05, 4.69) is 78.6 Å². The van der Waals surface area contributed by atoms with Gasteiger partial charge in [0.25, 0.3) is 5.91 Å². The van der Waals surface area contributed by atoms with Crippen LogP contribution < -0.4 is 5.32 Å². The maximum absolute atomic E-state index is 13.5. The van der Waals surface area contributed by atoms with Crippen molar-refractivity contribution in [2.75, 3.05) is 18.1 Å². The second kappa shape index (κ2) is 8.41. The van der Waals surface area contributed by atoms with Crippen LogP contribution in [0.1, 0.15) is 44.2 Å². The van der Waals surface area contributed by atoms with Crippen molar-refractivity contribution in [3.63, 3.8) is 0 Å². The van der Waals surface area contributed by atoms with Gasteiger partial charge in [0.2, 0.25) is 5.91 Å². The van der Waals surface area contributed by atoms with Crippen LogP contribution in [-0.2, 0) is 16.1 Å². The monoisotopic (exact) mass is 459 g/mol. The molecule has 3 heterocycles. The van der Waals surface area contributed by atoms with Crippen molar-refractivity contribution in [2.45, 2.75) is 44.6 Å². The Morgan fingerprint density at radius 1 is 1.18 bits per heavy atom. The molecule has 0 fully saturated rings. The molecule has 2 aliphatic rings. The number of anilines is 1. The first-order valence-corrected chi connectivity index (χ1v) is 12.7. The Kier molecular flexibility index (Phi) is 5.57. The van der Waals surface area contributed by atoms with Gasteiger partial charge >= 0.3 is 0 Å². The lowest BCUT2D eigenvalue weighted by atomic mass is 9.84. The van der Waals surface area contributed by atoms with Gasteiger partial charge in [-0.2, -0.15) is 0 Å². The molecule has 5 nitrogen and oxygen atoms in total. The number of imide groups is 1. The van der Waals surface area contributed by atoms with Gasteiger partial charge in [0.1, 0.15) is 0 Å². The molecule has 0 bridgehead atoms. The minimum atomic E-state index is -0.230. The molecule has 0 aliphatic carbocycles. The largest absolute Gasteiger partial charge is 0.356 e. The molecule has 0 saturated carbocycles. The summed E-state index contributed by atoms with van der Waals surface area (Å²) in [5, 5.41) is 4.71. The van der Waals surface area contributed by atoms with Crippen molar-refractivity contribution in [1.29, 1.82) is 0 Å². The molecule has 2 aliphatic heterocycles. The van der Waals surface area contributed by atoms with Gasteiger partial charge < -0.3 is 9.88 Å². The van der Waals surface area contributed by atoms with E-state index in [1.165, 1.54) is 22.2 Å². The predicted octanol–water partition coefficient (Wildman–Crippen LogP) is 5.61.